The second-order valence-corrected chi connectivity index (χ2v) is 13.1. The minimum Gasteiger partial charge on any atom is -0.493 e. The van der Waals surface area contributed by atoms with E-state index in [4.69, 9.17) is 19.9 Å². The Kier molecular flexibility index (Phi) is 12.8. The summed E-state index contributed by atoms with van der Waals surface area (Å²) in [4.78, 5) is 42.5. The summed E-state index contributed by atoms with van der Waals surface area (Å²) in [5.41, 5.74) is 4.59. The number of anilines is 1. The van der Waals surface area contributed by atoms with Gasteiger partial charge in [0.15, 0.2) is 23.1 Å². The highest BCUT2D eigenvalue weighted by atomic mass is 32.2. The van der Waals surface area contributed by atoms with Gasteiger partial charge in [0, 0.05) is 35.2 Å². The lowest BCUT2D eigenvalue weighted by molar-refractivity contribution is -0.134. The molecule has 1 saturated carbocycles. The first-order valence-corrected chi connectivity index (χ1v) is 17.0. The van der Waals surface area contributed by atoms with Gasteiger partial charge in [-0.1, -0.05) is 30.8 Å². The molecule has 2 aromatic carbocycles. The van der Waals surface area contributed by atoms with E-state index in [2.05, 4.69) is 22.2 Å². The number of aromatic nitrogens is 1. The summed E-state index contributed by atoms with van der Waals surface area (Å²) in [5, 5.41) is 5.87. The van der Waals surface area contributed by atoms with Crippen LogP contribution < -0.4 is 30.6 Å². The van der Waals surface area contributed by atoms with Gasteiger partial charge >= 0.3 is 0 Å². The molecule has 0 aliphatic heterocycles. The lowest BCUT2D eigenvalue weighted by Gasteiger charge is -2.19. The standard InChI is InChI=1S/C36H42F2N4O6S/c1-5-23(10-9-16-37)41-32(43)36(14-15-36)33(44)42-24-11-12-29(26(38)20-24)48-28-13-17-40-27-22-31(30(46-4)21-25(27)28)47-18-7-8-19-49-34(45)35(3,39)6-2/h5,9,11-13,16-17,20-23H,1,6-8,10,14-15,18-19,39H2,2-4H3,(H,41,43)(H,42,44)/b16-9+. The number of ether oxygens (including phenoxy) is 3. The van der Waals surface area contributed by atoms with Crippen LogP contribution in [0.1, 0.15) is 52.4 Å². The van der Waals surface area contributed by atoms with Gasteiger partial charge in [-0.15, -0.1) is 6.58 Å². The van der Waals surface area contributed by atoms with Crippen molar-refractivity contribution in [3.8, 4) is 23.0 Å². The summed E-state index contributed by atoms with van der Waals surface area (Å²) >= 11 is 1.24. The van der Waals surface area contributed by atoms with Crippen LogP contribution in [0.3, 0.4) is 0 Å². The van der Waals surface area contributed by atoms with E-state index >= 15 is 4.39 Å². The van der Waals surface area contributed by atoms with Crippen molar-refractivity contribution in [1.82, 2.24) is 10.3 Å². The number of nitrogens with one attached hydrogen (secondary N) is 2. The molecule has 0 spiro atoms. The molecule has 0 radical (unpaired) electrons. The van der Waals surface area contributed by atoms with E-state index in [0.29, 0.717) is 72.5 Å². The first kappa shape index (κ1) is 37.3. The largest absolute Gasteiger partial charge is 0.493 e. The molecule has 1 fully saturated rings. The molecular formula is C36H42F2N4O6S. The number of carbonyl (C=O) groups excluding carboxylic acids is 3. The van der Waals surface area contributed by atoms with Gasteiger partial charge in [0.2, 0.25) is 16.9 Å². The molecule has 1 aliphatic rings. The highest BCUT2D eigenvalue weighted by molar-refractivity contribution is 8.13. The first-order valence-electron chi connectivity index (χ1n) is 16.0. The number of nitrogens with two attached hydrogens (primary N) is 1. The molecule has 3 aromatic rings. The SMILES string of the molecule is C=CC(C/C=C/F)NC(=O)C1(C(=O)Nc2ccc(Oc3ccnc4cc(OCCCCSC(=O)C(C)(N)CC)c(OC)cc34)c(F)c2)CC1. The zero-order chi connectivity index (χ0) is 35.6. The highest BCUT2D eigenvalue weighted by Crippen LogP contribution is 2.47. The third-order valence-corrected chi connectivity index (χ3v) is 9.55. The van der Waals surface area contributed by atoms with Crippen molar-refractivity contribution in [3.05, 3.63) is 73.5 Å². The smallest absolute Gasteiger partial charge is 0.240 e. The monoisotopic (exact) mass is 696 g/mol. The van der Waals surface area contributed by atoms with Crippen molar-refractivity contribution in [2.75, 3.05) is 24.8 Å². The predicted octanol–water partition coefficient (Wildman–Crippen LogP) is 6.98. The van der Waals surface area contributed by atoms with Crippen LogP contribution in [0.25, 0.3) is 10.9 Å². The van der Waals surface area contributed by atoms with Gasteiger partial charge in [-0.3, -0.25) is 19.4 Å². The molecule has 2 amide bonds. The Hall–Kier alpha value is -4.49. The van der Waals surface area contributed by atoms with E-state index in [1.54, 1.807) is 25.1 Å². The number of unbranched alkanes of at least 4 members (excludes halogenated alkanes) is 1. The number of hydrogen-bond donors (Lipinski definition) is 3. The molecule has 49 heavy (non-hydrogen) atoms. The highest BCUT2D eigenvalue weighted by Gasteiger charge is 2.56. The molecule has 0 saturated heterocycles. The minimum absolute atomic E-state index is 0.0218. The number of hydrogen-bond acceptors (Lipinski definition) is 9. The van der Waals surface area contributed by atoms with Crippen LogP contribution in [0.5, 0.6) is 23.0 Å². The number of methoxy groups -OCH3 is 1. The number of pyridine rings is 1. The molecular weight excluding hydrogens is 654 g/mol. The van der Waals surface area contributed by atoms with Crippen LogP contribution >= 0.6 is 11.8 Å². The summed E-state index contributed by atoms with van der Waals surface area (Å²) in [6.45, 7) is 7.66. The molecule has 1 aromatic heterocycles. The van der Waals surface area contributed by atoms with Crippen molar-refractivity contribution in [3.63, 3.8) is 0 Å². The van der Waals surface area contributed by atoms with Crippen LogP contribution in [0.4, 0.5) is 14.5 Å². The summed E-state index contributed by atoms with van der Waals surface area (Å²) in [5.74, 6) is -0.00707. The van der Waals surface area contributed by atoms with E-state index in [9.17, 15) is 18.8 Å². The van der Waals surface area contributed by atoms with E-state index in [1.807, 2.05) is 6.92 Å². The average Bonchev–Trinajstić information content (AvgIpc) is 3.91. The first-order chi connectivity index (χ1) is 23.5. The van der Waals surface area contributed by atoms with Crippen LogP contribution in [-0.4, -0.2) is 53.0 Å². The Balaban J connectivity index is 1.38. The topological polar surface area (TPSA) is 142 Å². The van der Waals surface area contributed by atoms with Gasteiger partial charge in [0.05, 0.1) is 37.1 Å². The lowest BCUT2D eigenvalue weighted by Crippen LogP contribution is -2.43. The zero-order valence-electron chi connectivity index (χ0n) is 27.9. The van der Waals surface area contributed by atoms with E-state index in [0.717, 1.165) is 12.5 Å². The summed E-state index contributed by atoms with van der Waals surface area (Å²) in [7, 11) is 1.51. The van der Waals surface area contributed by atoms with E-state index in [-0.39, 0.29) is 23.0 Å². The number of amides is 2. The Morgan fingerprint density at radius 1 is 1.12 bits per heavy atom. The number of nitrogens with zero attached hydrogens (tertiary/aromatic N) is 1. The predicted molar refractivity (Wildman–Crippen MR) is 187 cm³/mol. The maximum atomic E-state index is 15.3. The van der Waals surface area contributed by atoms with Gasteiger partial charge in [-0.05, 0) is 69.7 Å². The molecule has 1 heterocycles. The second-order valence-electron chi connectivity index (χ2n) is 12.0. The molecule has 4 rings (SSSR count). The van der Waals surface area contributed by atoms with Gasteiger partial charge in [-0.25, -0.2) is 8.78 Å². The van der Waals surface area contributed by atoms with E-state index < -0.39 is 34.6 Å². The number of carbonyl (C=O) groups is 3. The molecule has 4 N–H and O–H groups in total. The summed E-state index contributed by atoms with van der Waals surface area (Å²) < 4.78 is 45.1. The van der Waals surface area contributed by atoms with Crippen molar-refractivity contribution < 1.29 is 37.4 Å². The third kappa shape index (κ3) is 9.36. The van der Waals surface area contributed by atoms with Crippen molar-refractivity contribution >= 4 is 45.3 Å². The number of rotatable bonds is 18. The van der Waals surface area contributed by atoms with Crippen molar-refractivity contribution in [2.45, 2.75) is 64.0 Å². The van der Waals surface area contributed by atoms with Crippen molar-refractivity contribution in [2.24, 2.45) is 11.1 Å². The molecule has 0 bridgehead atoms. The Morgan fingerprint density at radius 3 is 2.55 bits per heavy atom. The molecule has 10 nitrogen and oxygen atoms in total. The zero-order valence-corrected chi connectivity index (χ0v) is 28.7. The fraction of sp³-hybridized carbons (Fsp3) is 0.389. The summed E-state index contributed by atoms with van der Waals surface area (Å²) in [6.07, 6.45) is 7.55. The Morgan fingerprint density at radius 2 is 1.90 bits per heavy atom. The van der Waals surface area contributed by atoms with E-state index in [1.165, 1.54) is 49.4 Å². The van der Waals surface area contributed by atoms with Crippen LogP contribution in [-0.2, 0) is 14.4 Å². The molecule has 2 atom stereocenters. The van der Waals surface area contributed by atoms with Gasteiger partial charge in [0.1, 0.15) is 11.2 Å². The molecule has 2 unspecified atom stereocenters. The summed E-state index contributed by atoms with van der Waals surface area (Å²) in [6, 6.07) is 8.45. The number of benzene rings is 2. The second kappa shape index (κ2) is 16.8. The average molecular weight is 697 g/mol. The maximum Gasteiger partial charge on any atom is 0.240 e. The molecule has 13 heteroatoms. The fourth-order valence-corrected chi connectivity index (χ4v) is 5.79. The van der Waals surface area contributed by atoms with Gasteiger partial charge < -0.3 is 30.6 Å². The Labute approximate surface area is 288 Å². The fourth-order valence-electron chi connectivity index (χ4n) is 4.78. The normalized spacial score (nSPS) is 15.2. The minimum atomic E-state index is -1.29. The number of halogens is 2. The maximum absolute atomic E-state index is 15.3. The Bertz CT molecular complexity index is 1710. The van der Waals surface area contributed by atoms with Gasteiger partial charge in [-0.2, -0.15) is 0 Å². The van der Waals surface area contributed by atoms with Crippen molar-refractivity contribution in [1.29, 1.82) is 0 Å². The number of fused-ring (bicyclic) bond motifs is 1. The number of thioether (sulfide) groups is 1. The third-order valence-electron chi connectivity index (χ3n) is 8.33. The quantitative estimate of drug-likeness (QED) is 0.0729. The van der Waals surface area contributed by atoms with Crippen LogP contribution in [0, 0.1) is 11.2 Å². The lowest BCUT2D eigenvalue weighted by atomic mass is 10.0. The van der Waals surface area contributed by atoms with Crippen LogP contribution in [0.2, 0.25) is 0 Å². The van der Waals surface area contributed by atoms with Gasteiger partial charge in [0.25, 0.3) is 0 Å². The molecule has 1 aliphatic carbocycles. The molecule has 262 valence electrons. The van der Waals surface area contributed by atoms with Crippen LogP contribution in [0.15, 0.2) is 67.7 Å².